The minimum absolute atomic E-state index is 0.0442. The number of nitrogens with one attached hydrogen (secondary N) is 1. The molecule has 5 aliphatic heterocycles. The molecular formula is C44H58ClF3N8O7. The van der Waals surface area contributed by atoms with E-state index < -0.39 is 35.5 Å². The Morgan fingerprint density at radius 3 is 2.29 bits per heavy atom. The SMILES string of the molecule is Nc1c(Cl)cc(C[C@@H](OC(=O)N2CCC(N3CCc4ccccc4NC3=O)CC2)C(=O)N2CCN(C3CCN(CC(=O)OCCCN4CCCCC4=O)CC3)CC2)cc1C(F)(F)F. The molecule has 3 N–H and O–H groups in total. The number of carbonyl (C=O) groups is 5. The summed E-state index contributed by atoms with van der Waals surface area (Å²) >= 11 is 6.16. The average molecular weight is 903 g/mol. The second-order valence-electron chi connectivity index (χ2n) is 17.1. The molecule has 1 atom stereocenters. The second kappa shape index (κ2) is 20.8. The fourth-order valence-corrected chi connectivity index (χ4v) is 9.68. The molecule has 19 heteroatoms. The van der Waals surface area contributed by atoms with Crippen LogP contribution in [0.2, 0.25) is 5.02 Å². The first-order valence-electron chi connectivity index (χ1n) is 22.2. The van der Waals surface area contributed by atoms with Crippen LogP contribution in [0.15, 0.2) is 36.4 Å². The van der Waals surface area contributed by atoms with Gasteiger partial charge in [0.15, 0.2) is 6.10 Å². The molecule has 0 unspecified atom stereocenters. The number of piperazine rings is 1. The van der Waals surface area contributed by atoms with Gasteiger partial charge in [0, 0.05) is 103 Å². The number of benzene rings is 2. The summed E-state index contributed by atoms with van der Waals surface area (Å²) in [4.78, 5) is 76.7. The molecule has 4 saturated heterocycles. The number of amides is 5. The molecule has 2 aromatic carbocycles. The van der Waals surface area contributed by atoms with E-state index in [0.29, 0.717) is 84.5 Å². The molecule has 7 rings (SSSR count). The van der Waals surface area contributed by atoms with Crippen LogP contribution < -0.4 is 11.1 Å². The van der Waals surface area contributed by atoms with Crippen molar-refractivity contribution in [2.75, 3.05) is 96.2 Å². The van der Waals surface area contributed by atoms with E-state index in [1.165, 1.54) is 11.0 Å². The van der Waals surface area contributed by atoms with Gasteiger partial charge in [-0.15, -0.1) is 0 Å². The average Bonchev–Trinajstić information content (AvgIpc) is 3.44. The molecule has 5 aliphatic rings. The van der Waals surface area contributed by atoms with Crippen LogP contribution in [-0.4, -0.2) is 163 Å². The number of ether oxygens (including phenoxy) is 2. The number of hydrogen-bond acceptors (Lipinski definition) is 10. The predicted octanol–water partition coefficient (Wildman–Crippen LogP) is 5.10. The van der Waals surface area contributed by atoms with Crippen LogP contribution >= 0.6 is 11.6 Å². The van der Waals surface area contributed by atoms with Crippen molar-refractivity contribution < 1.29 is 46.6 Å². The highest BCUT2D eigenvalue weighted by molar-refractivity contribution is 6.33. The molecule has 0 radical (unpaired) electrons. The van der Waals surface area contributed by atoms with Gasteiger partial charge >= 0.3 is 24.3 Å². The molecule has 0 saturated carbocycles. The summed E-state index contributed by atoms with van der Waals surface area (Å²) in [6.07, 6.45) is -0.923. The maximum absolute atomic E-state index is 14.2. The third-order valence-electron chi connectivity index (χ3n) is 13.0. The Bertz CT molecular complexity index is 1970. The third-order valence-corrected chi connectivity index (χ3v) is 13.4. The smallest absolute Gasteiger partial charge is 0.418 e. The summed E-state index contributed by atoms with van der Waals surface area (Å²) in [5.74, 6) is -0.636. The Hall–Kier alpha value is -4.81. The first-order chi connectivity index (χ1) is 30.2. The first kappa shape index (κ1) is 46.2. The molecule has 0 spiro atoms. The molecule has 4 fully saturated rings. The van der Waals surface area contributed by atoms with E-state index in [0.717, 1.165) is 49.5 Å². The summed E-state index contributed by atoms with van der Waals surface area (Å²) in [5.41, 5.74) is 5.80. The fourth-order valence-electron chi connectivity index (χ4n) is 9.44. The highest BCUT2D eigenvalue weighted by Crippen LogP contribution is 2.38. The van der Waals surface area contributed by atoms with E-state index >= 15 is 0 Å². The van der Waals surface area contributed by atoms with Crippen molar-refractivity contribution in [1.82, 2.24) is 29.4 Å². The van der Waals surface area contributed by atoms with Crippen molar-refractivity contribution in [1.29, 1.82) is 0 Å². The van der Waals surface area contributed by atoms with Gasteiger partial charge in [-0.25, -0.2) is 9.59 Å². The summed E-state index contributed by atoms with van der Waals surface area (Å²) in [5, 5.41) is 2.66. The van der Waals surface area contributed by atoms with Gasteiger partial charge in [0.25, 0.3) is 5.91 Å². The molecule has 63 heavy (non-hydrogen) atoms. The maximum atomic E-state index is 14.2. The van der Waals surface area contributed by atoms with Gasteiger partial charge in [-0.05, 0) is 80.7 Å². The summed E-state index contributed by atoms with van der Waals surface area (Å²) in [7, 11) is 0. The van der Waals surface area contributed by atoms with Crippen LogP contribution in [0.3, 0.4) is 0 Å². The van der Waals surface area contributed by atoms with Gasteiger partial charge in [0.2, 0.25) is 5.91 Å². The van der Waals surface area contributed by atoms with Gasteiger partial charge in [0.05, 0.1) is 29.4 Å². The lowest BCUT2D eigenvalue weighted by atomic mass is 10.0. The zero-order valence-electron chi connectivity index (χ0n) is 35.6. The number of piperidine rings is 3. The number of hydrogen-bond donors (Lipinski definition) is 2. The van der Waals surface area contributed by atoms with Crippen molar-refractivity contribution in [2.24, 2.45) is 0 Å². The second-order valence-corrected chi connectivity index (χ2v) is 17.5. The number of para-hydroxylation sites is 1. The number of carbonyl (C=O) groups excluding carboxylic acids is 5. The Kier molecular flexibility index (Phi) is 15.2. The highest BCUT2D eigenvalue weighted by Gasteiger charge is 2.38. The first-order valence-corrected chi connectivity index (χ1v) is 22.6. The van der Waals surface area contributed by atoms with Crippen LogP contribution in [0.5, 0.6) is 0 Å². The number of nitrogens with two attached hydrogens (primary N) is 1. The molecule has 0 bridgehead atoms. The van der Waals surface area contributed by atoms with Crippen LogP contribution in [0.25, 0.3) is 0 Å². The van der Waals surface area contributed by atoms with E-state index in [-0.39, 0.29) is 73.2 Å². The molecule has 5 amide bonds. The molecule has 0 aliphatic carbocycles. The van der Waals surface area contributed by atoms with E-state index in [2.05, 4.69) is 15.1 Å². The van der Waals surface area contributed by atoms with Gasteiger partial charge in [-0.1, -0.05) is 29.8 Å². The van der Waals surface area contributed by atoms with E-state index in [9.17, 15) is 37.1 Å². The maximum Gasteiger partial charge on any atom is 0.418 e. The van der Waals surface area contributed by atoms with Crippen molar-refractivity contribution in [3.05, 3.63) is 58.1 Å². The Morgan fingerprint density at radius 2 is 1.57 bits per heavy atom. The Labute approximate surface area is 370 Å². The number of urea groups is 1. The summed E-state index contributed by atoms with van der Waals surface area (Å²) in [6, 6.07) is 9.67. The minimum atomic E-state index is -4.80. The molecule has 344 valence electrons. The molecule has 5 heterocycles. The van der Waals surface area contributed by atoms with Gasteiger partial charge in [0.1, 0.15) is 0 Å². The molecular weight excluding hydrogens is 845 g/mol. The number of nitrogen functional groups attached to an aromatic ring is 1. The van der Waals surface area contributed by atoms with Crippen molar-refractivity contribution in [2.45, 2.75) is 88.6 Å². The number of halogens is 4. The standard InChI is InChI=1S/C44H58ClF3N8O7/c45-35-27-30(26-34(40(35)49)44(46,47)48)28-37(63-43(61)55-18-12-33(13-19-55)56-20-9-31-6-1-2-7-36(31)50-42(56)60)41(59)54-23-21-52(22-24-54)32-10-16-51(17-11-32)29-39(58)62-25-5-15-53-14-4-3-8-38(53)57/h1-2,6-7,26-27,32-33,37H,3-5,8-25,28-29,49H2,(H,50,60)/t37-/m1/s1. The van der Waals surface area contributed by atoms with Gasteiger partial charge in [-0.3, -0.25) is 24.2 Å². The number of nitrogens with zero attached hydrogens (tertiary/aromatic N) is 6. The van der Waals surface area contributed by atoms with Crippen LogP contribution in [0.4, 0.5) is 34.1 Å². The van der Waals surface area contributed by atoms with Crippen molar-refractivity contribution in [3.63, 3.8) is 0 Å². The van der Waals surface area contributed by atoms with Crippen LogP contribution in [-0.2, 0) is 42.9 Å². The van der Waals surface area contributed by atoms with E-state index in [4.69, 9.17) is 26.8 Å². The predicted molar refractivity (Wildman–Crippen MR) is 229 cm³/mol. The molecule has 15 nitrogen and oxygen atoms in total. The zero-order valence-corrected chi connectivity index (χ0v) is 36.3. The van der Waals surface area contributed by atoms with Gasteiger partial charge in [-0.2, -0.15) is 13.2 Å². The minimum Gasteiger partial charge on any atom is -0.465 e. The number of esters is 1. The Morgan fingerprint density at radius 1 is 0.857 bits per heavy atom. The van der Waals surface area contributed by atoms with Crippen molar-refractivity contribution in [3.8, 4) is 0 Å². The lowest BCUT2D eigenvalue weighted by Gasteiger charge is -2.43. The molecule has 0 aromatic heterocycles. The fraction of sp³-hybridized carbons (Fsp3) is 0.614. The summed E-state index contributed by atoms with van der Waals surface area (Å²) < 4.78 is 53.2. The lowest BCUT2D eigenvalue weighted by Crippen LogP contribution is -2.57. The normalized spacial score (nSPS) is 20.5. The monoisotopic (exact) mass is 902 g/mol. The number of rotatable bonds is 12. The van der Waals surface area contributed by atoms with Crippen LogP contribution in [0, 0.1) is 0 Å². The van der Waals surface area contributed by atoms with E-state index in [1.54, 1.807) is 9.80 Å². The zero-order chi connectivity index (χ0) is 44.7. The van der Waals surface area contributed by atoms with Crippen molar-refractivity contribution >= 4 is 52.9 Å². The van der Waals surface area contributed by atoms with Crippen LogP contribution in [0.1, 0.15) is 68.1 Å². The number of anilines is 2. The third kappa shape index (κ3) is 11.9. The quantitative estimate of drug-likeness (QED) is 0.167. The largest absolute Gasteiger partial charge is 0.465 e. The number of fused-ring (bicyclic) bond motifs is 1. The summed E-state index contributed by atoms with van der Waals surface area (Å²) in [6.45, 7) is 6.04. The molecule has 2 aromatic rings. The van der Waals surface area contributed by atoms with E-state index in [1.807, 2.05) is 29.2 Å². The topological polar surface area (TPSA) is 161 Å². The number of alkyl halides is 3. The lowest BCUT2D eigenvalue weighted by molar-refractivity contribution is -0.145. The number of likely N-dealkylation sites (tertiary alicyclic amines) is 3. The highest BCUT2D eigenvalue weighted by atomic mass is 35.5. The van der Waals surface area contributed by atoms with Gasteiger partial charge < -0.3 is 40.1 Å². The Balaban J connectivity index is 0.909.